The second kappa shape index (κ2) is 5.21. The molecule has 1 aromatic heterocycles. The summed E-state index contributed by atoms with van der Waals surface area (Å²) in [5, 5.41) is 8.56. The summed E-state index contributed by atoms with van der Waals surface area (Å²) in [6, 6.07) is 3.32. The lowest BCUT2D eigenvalue weighted by Crippen LogP contribution is -2.32. The lowest BCUT2D eigenvalue weighted by Gasteiger charge is -2.19. The minimum atomic E-state index is -0.322. The Morgan fingerprint density at radius 2 is 2.40 bits per heavy atom. The van der Waals surface area contributed by atoms with Gasteiger partial charge < -0.3 is 0 Å². The van der Waals surface area contributed by atoms with Crippen LogP contribution >= 0.6 is 0 Å². The Hall–Kier alpha value is -1.75. The molecule has 1 rings (SSSR count). The molecule has 5 nitrogen and oxygen atoms in total. The van der Waals surface area contributed by atoms with Crippen LogP contribution in [0.15, 0.2) is 30.5 Å². The van der Waals surface area contributed by atoms with Crippen molar-refractivity contribution >= 4 is 11.7 Å². The molecule has 0 aliphatic carbocycles. The molecule has 0 spiro atoms. The number of aromatic nitrogens is 2. The highest BCUT2D eigenvalue weighted by molar-refractivity contribution is 6.02. The highest BCUT2D eigenvalue weighted by atomic mass is 16.7. The second-order valence-electron chi connectivity index (χ2n) is 2.88. The van der Waals surface area contributed by atoms with Gasteiger partial charge in [0.1, 0.15) is 0 Å². The quantitative estimate of drug-likeness (QED) is 0.552. The van der Waals surface area contributed by atoms with Gasteiger partial charge in [-0.1, -0.05) is 6.58 Å². The summed E-state index contributed by atoms with van der Waals surface area (Å²) in [6.07, 6.45) is 1.53. The fraction of sp³-hybridized carbons (Fsp3) is 0.300. The molecule has 0 atom stereocenters. The summed E-state index contributed by atoms with van der Waals surface area (Å²) in [5.74, 6) is 0.0321. The number of hydroxylamine groups is 1. The summed E-state index contributed by atoms with van der Waals surface area (Å²) >= 11 is 0. The van der Waals surface area contributed by atoms with E-state index in [1.807, 2.05) is 0 Å². The van der Waals surface area contributed by atoms with E-state index in [-0.39, 0.29) is 5.91 Å². The van der Waals surface area contributed by atoms with Crippen molar-refractivity contribution in [1.29, 1.82) is 0 Å². The van der Waals surface area contributed by atoms with Crippen LogP contribution in [-0.4, -0.2) is 22.7 Å². The molecule has 0 fully saturated rings. The molecule has 0 aromatic carbocycles. The van der Waals surface area contributed by atoms with Gasteiger partial charge in [0, 0.05) is 11.8 Å². The van der Waals surface area contributed by atoms with Gasteiger partial charge in [-0.25, -0.2) is 0 Å². The van der Waals surface area contributed by atoms with Gasteiger partial charge in [0.2, 0.25) is 0 Å². The largest absolute Gasteiger partial charge is 0.278 e. The van der Waals surface area contributed by atoms with Crippen LogP contribution in [0.5, 0.6) is 0 Å². The molecule has 0 aliphatic rings. The van der Waals surface area contributed by atoms with Gasteiger partial charge in [-0.2, -0.15) is 10.2 Å². The topological polar surface area (TPSA) is 55.3 Å². The highest BCUT2D eigenvalue weighted by Gasteiger charge is 2.18. The van der Waals surface area contributed by atoms with E-state index in [2.05, 4.69) is 16.8 Å². The maximum absolute atomic E-state index is 11.7. The number of anilines is 1. The van der Waals surface area contributed by atoms with E-state index >= 15 is 0 Å². The van der Waals surface area contributed by atoms with E-state index in [0.29, 0.717) is 18.0 Å². The Morgan fingerprint density at radius 1 is 1.67 bits per heavy atom. The fourth-order valence-corrected chi connectivity index (χ4v) is 0.933. The molecular weight excluding hydrogens is 194 g/mol. The average molecular weight is 207 g/mol. The normalized spacial score (nSPS) is 9.73. The molecule has 5 heteroatoms. The van der Waals surface area contributed by atoms with Crippen LogP contribution in [0.3, 0.4) is 0 Å². The van der Waals surface area contributed by atoms with Crippen molar-refractivity contribution in [2.24, 2.45) is 0 Å². The maximum Gasteiger partial charge on any atom is 0.278 e. The Balaban J connectivity index is 2.93. The number of hydrogen-bond donors (Lipinski definition) is 0. The van der Waals surface area contributed by atoms with Gasteiger partial charge >= 0.3 is 0 Å². The third-order valence-electron chi connectivity index (χ3n) is 1.57. The van der Waals surface area contributed by atoms with Crippen molar-refractivity contribution in [2.45, 2.75) is 13.8 Å². The van der Waals surface area contributed by atoms with E-state index < -0.39 is 0 Å². The Labute approximate surface area is 88.3 Å². The predicted octanol–water partition coefficient (Wildman–Crippen LogP) is 1.34. The van der Waals surface area contributed by atoms with Crippen molar-refractivity contribution < 1.29 is 9.63 Å². The molecule has 0 saturated carbocycles. The van der Waals surface area contributed by atoms with Crippen LogP contribution in [-0.2, 0) is 9.63 Å². The zero-order chi connectivity index (χ0) is 11.3. The fourth-order valence-electron chi connectivity index (χ4n) is 0.933. The highest BCUT2D eigenvalue weighted by Crippen LogP contribution is 2.11. The summed E-state index contributed by atoms with van der Waals surface area (Å²) in [7, 11) is 0. The molecule has 1 heterocycles. The molecule has 1 aromatic rings. The number of carbonyl (C=O) groups is 1. The van der Waals surface area contributed by atoms with Crippen LogP contribution in [0.2, 0.25) is 0 Å². The summed E-state index contributed by atoms with van der Waals surface area (Å²) in [4.78, 5) is 16.8. The second-order valence-corrected chi connectivity index (χ2v) is 2.88. The Kier molecular flexibility index (Phi) is 3.93. The monoisotopic (exact) mass is 207 g/mol. The number of hydrogen-bond acceptors (Lipinski definition) is 4. The van der Waals surface area contributed by atoms with Crippen molar-refractivity contribution in [1.82, 2.24) is 10.2 Å². The van der Waals surface area contributed by atoms with E-state index in [1.54, 1.807) is 26.0 Å². The Morgan fingerprint density at radius 3 is 2.87 bits per heavy atom. The standard InChI is InChI=1S/C10H13N3O2/c1-4-15-13(10(14)8(2)3)9-6-5-7-11-12-9/h5-7H,2,4H2,1,3H3. The molecule has 15 heavy (non-hydrogen) atoms. The zero-order valence-electron chi connectivity index (χ0n) is 8.80. The molecular formula is C10H13N3O2. The van der Waals surface area contributed by atoms with Gasteiger partial charge in [0.25, 0.3) is 5.91 Å². The first kappa shape index (κ1) is 11.3. The van der Waals surface area contributed by atoms with Gasteiger partial charge in [-0.3, -0.25) is 9.63 Å². The molecule has 0 unspecified atom stereocenters. The van der Waals surface area contributed by atoms with Crippen LogP contribution < -0.4 is 5.06 Å². The van der Waals surface area contributed by atoms with E-state index in [1.165, 1.54) is 6.20 Å². The molecule has 0 saturated heterocycles. The minimum absolute atomic E-state index is 0.322. The number of rotatable bonds is 4. The first-order chi connectivity index (χ1) is 7.16. The third kappa shape index (κ3) is 2.85. The SMILES string of the molecule is C=C(C)C(=O)N(OCC)c1cccnn1. The smallest absolute Gasteiger partial charge is 0.267 e. The van der Waals surface area contributed by atoms with Gasteiger partial charge in [-0.05, 0) is 26.0 Å². The lowest BCUT2D eigenvalue weighted by atomic mass is 10.3. The van der Waals surface area contributed by atoms with Crippen molar-refractivity contribution in [2.75, 3.05) is 11.7 Å². The third-order valence-corrected chi connectivity index (χ3v) is 1.57. The van der Waals surface area contributed by atoms with Crippen LogP contribution in [0.4, 0.5) is 5.82 Å². The van der Waals surface area contributed by atoms with Crippen molar-refractivity contribution in [3.63, 3.8) is 0 Å². The maximum atomic E-state index is 11.7. The molecule has 0 aliphatic heterocycles. The molecule has 0 radical (unpaired) electrons. The van der Waals surface area contributed by atoms with Crippen LogP contribution in [0.1, 0.15) is 13.8 Å². The van der Waals surface area contributed by atoms with Crippen molar-refractivity contribution in [3.8, 4) is 0 Å². The van der Waals surface area contributed by atoms with E-state index in [0.717, 1.165) is 5.06 Å². The summed E-state index contributed by atoms with van der Waals surface area (Å²) < 4.78 is 0. The molecule has 1 amide bonds. The van der Waals surface area contributed by atoms with Gasteiger partial charge in [-0.15, -0.1) is 5.10 Å². The molecule has 80 valence electrons. The van der Waals surface area contributed by atoms with Gasteiger partial charge in [0.05, 0.1) is 6.61 Å². The first-order valence-corrected chi connectivity index (χ1v) is 4.57. The predicted molar refractivity (Wildman–Crippen MR) is 56.0 cm³/mol. The van der Waals surface area contributed by atoms with Crippen molar-refractivity contribution in [3.05, 3.63) is 30.5 Å². The lowest BCUT2D eigenvalue weighted by molar-refractivity contribution is -0.122. The minimum Gasteiger partial charge on any atom is -0.267 e. The number of nitrogens with zero attached hydrogens (tertiary/aromatic N) is 3. The number of amides is 1. The Bertz CT molecular complexity index is 351. The summed E-state index contributed by atoms with van der Waals surface area (Å²) in [6.45, 7) is 7.34. The first-order valence-electron chi connectivity index (χ1n) is 4.57. The number of carbonyl (C=O) groups excluding carboxylic acids is 1. The molecule has 0 bridgehead atoms. The molecule has 0 N–H and O–H groups in total. The van der Waals surface area contributed by atoms with Crippen LogP contribution in [0.25, 0.3) is 0 Å². The summed E-state index contributed by atoms with van der Waals surface area (Å²) in [5.41, 5.74) is 0.383. The average Bonchev–Trinajstić information content (AvgIpc) is 2.26. The van der Waals surface area contributed by atoms with Crippen LogP contribution in [0, 0.1) is 0 Å². The van der Waals surface area contributed by atoms with E-state index in [4.69, 9.17) is 4.84 Å². The van der Waals surface area contributed by atoms with Gasteiger partial charge in [0.15, 0.2) is 5.82 Å². The van der Waals surface area contributed by atoms with E-state index in [9.17, 15) is 4.79 Å². The zero-order valence-corrected chi connectivity index (χ0v) is 8.80.